The molecule has 0 saturated heterocycles. The van der Waals surface area contributed by atoms with Crippen LogP contribution in [0.4, 0.5) is 0 Å². The molecule has 5 heteroatoms. The Balaban J connectivity index is 2.13. The molecule has 0 spiro atoms. The minimum atomic E-state index is -0.120. The van der Waals surface area contributed by atoms with Crippen molar-refractivity contribution in [2.24, 2.45) is 0 Å². The van der Waals surface area contributed by atoms with Gasteiger partial charge in [0.05, 0.1) is 17.3 Å². The van der Waals surface area contributed by atoms with Gasteiger partial charge in [0.1, 0.15) is 11.3 Å². The monoisotopic (exact) mass is 269 g/mol. The lowest BCUT2D eigenvalue weighted by Gasteiger charge is -2.17. The van der Waals surface area contributed by atoms with E-state index in [9.17, 15) is 4.79 Å². The van der Waals surface area contributed by atoms with Crippen LogP contribution in [-0.4, -0.2) is 23.0 Å². The second-order valence-electron chi connectivity index (χ2n) is 4.67. The lowest BCUT2D eigenvalue weighted by molar-refractivity contribution is 0.0782. The molecular weight excluding hydrogens is 254 g/mol. The molecule has 1 aromatic carbocycles. The third-order valence-electron chi connectivity index (χ3n) is 3.10. The number of nitriles is 1. The average molecular weight is 269 g/mol. The van der Waals surface area contributed by atoms with E-state index in [0.29, 0.717) is 29.1 Å². The number of hydrogen-bond donors (Lipinski definition) is 0. The number of carbonyl (C=O) groups is 1. The van der Waals surface area contributed by atoms with Gasteiger partial charge in [0.25, 0.3) is 5.91 Å². The summed E-state index contributed by atoms with van der Waals surface area (Å²) in [6.07, 6.45) is 0. The maximum Gasteiger partial charge on any atom is 0.259 e. The summed E-state index contributed by atoms with van der Waals surface area (Å²) in [5.41, 5.74) is 2.68. The van der Waals surface area contributed by atoms with Crippen LogP contribution in [0.15, 0.2) is 28.8 Å². The highest BCUT2D eigenvalue weighted by atomic mass is 16.5. The second-order valence-corrected chi connectivity index (χ2v) is 4.67. The Morgan fingerprint density at radius 2 is 2.00 bits per heavy atom. The Morgan fingerprint density at radius 3 is 2.50 bits per heavy atom. The molecule has 1 heterocycles. The summed E-state index contributed by atoms with van der Waals surface area (Å²) in [6, 6.07) is 9.23. The summed E-state index contributed by atoms with van der Waals surface area (Å²) in [7, 11) is 1.73. The van der Waals surface area contributed by atoms with Gasteiger partial charge in [0.15, 0.2) is 0 Å². The molecule has 0 aliphatic rings. The molecule has 0 N–H and O–H groups in total. The van der Waals surface area contributed by atoms with E-state index >= 15 is 0 Å². The molecule has 1 aromatic heterocycles. The minimum absolute atomic E-state index is 0.120. The van der Waals surface area contributed by atoms with Gasteiger partial charge >= 0.3 is 0 Å². The summed E-state index contributed by atoms with van der Waals surface area (Å²) in [4.78, 5) is 14.0. The van der Waals surface area contributed by atoms with Crippen molar-refractivity contribution in [3.05, 3.63) is 52.4 Å². The molecular formula is C15H15N3O2. The number of carbonyl (C=O) groups excluding carboxylic acids is 1. The summed E-state index contributed by atoms with van der Waals surface area (Å²) < 4.78 is 5.01. The SMILES string of the molecule is Cc1noc(C)c1C(=O)N(C)Cc1ccc(C#N)cc1. The van der Waals surface area contributed by atoms with Crippen molar-refractivity contribution in [2.75, 3.05) is 7.05 Å². The van der Waals surface area contributed by atoms with Crippen LogP contribution in [0.25, 0.3) is 0 Å². The standard InChI is InChI=1S/C15H15N3O2/c1-10-14(11(2)20-17-10)15(19)18(3)9-13-6-4-12(8-16)5-7-13/h4-7H,9H2,1-3H3. The van der Waals surface area contributed by atoms with Crippen LogP contribution in [0.2, 0.25) is 0 Å². The van der Waals surface area contributed by atoms with E-state index in [1.807, 2.05) is 12.1 Å². The maximum absolute atomic E-state index is 12.3. The molecule has 0 unspecified atom stereocenters. The molecule has 102 valence electrons. The quantitative estimate of drug-likeness (QED) is 0.858. The predicted molar refractivity (Wildman–Crippen MR) is 72.9 cm³/mol. The molecule has 0 radical (unpaired) electrons. The first kappa shape index (κ1) is 13.8. The zero-order valence-corrected chi connectivity index (χ0v) is 11.7. The van der Waals surface area contributed by atoms with E-state index in [0.717, 1.165) is 5.56 Å². The van der Waals surface area contributed by atoms with Crippen molar-refractivity contribution in [1.82, 2.24) is 10.1 Å². The molecule has 2 aromatic rings. The van der Waals surface area contributed by atoms with Crippen LogP contribution in [0.1, 0.15) is 32.9 Å². The number of aryl methyl sites for hydroxylation is 2. The van der Waals surface area contributed by atoms with Crippen LogP contribution in [0, 0.1) is 25.2 Å². The van der Waals surface area contributed by atoms with Crippen molar-refractivity contribution in [2.45, 2.75) is 20.4 Å². The van der Waals surface area contributed by atoms with E-state index in [4.69, 9.17) is 9.78 Å². The molecule has 0 fully saturated rings. The largest absolute Gasteiger partial charge is 0.361 e. The Kier molecular flexibility index (Phi) is 3.85. The van der Waals surface area contributed by atoms with E-state index in [1.165, 1.54) is 0 Å². The Hall–Kier alpha value is -2.61. The lowest BCUT2D eigenvalue weighted by Crippen LogP contribution is -2.27. The molecule has 0 bridgehead atoms. The van der Waals surface area contributed by atoms with E-state index < -0.39 is 0 Å². The lowest BCUT2D eigenvalue weighted by atomic mass is 10.1. The van der Waals surface area contributed by atoms with E-state index in [-0.39, 0.29) is 5.91 Å². The molecule has 20 heavy (non-hydrogen) atoms. The molecule has 5 nitrogen and oxygen atoms in total. The van der Waals surface area contributed by atoms with Gasteiger partial charge in [-0.1, -0.05) is 17.3 Å². The Morgan fingerprint density at radius 1 is 1.35 bits per heavy atom. The Bertz CT molecular complexity index is 646. The zero-order chi connectivity index (χ0) is 14.7. The number of hydrogen-bond acceptors (Lipinski definition) is 4. The highest BCUT2D eigenvalue weighted by molar-refractivity contribution is 5.95. The van der Waals surface area contributed by atoms with Gasteiger partial charge in [-0.2, -0.15) is 5.26 Å². The zero-order valence-electron chi connectivity index (χ0n) is 11.7. The summed E-state index contributed by atoms with van der Waals surface area (Å²) in [5, 5.41) is 12.5. The van der Waals surface area contributed by atoms with Crippen molar-refractivity contribution in [3.8, 4) is 6.07 Å². The molecule has 2 rings (SSSR count). The van der Waals surface area contributed by atoms with Gasteiger partial charge in [-0.15, -0.1) is 0 Å². The number of nitrogens with zero attached hydrogens (tertiary/aromatic N) is 3. The smallest absolute Gasteiger partial charge is 0.259 e. The van der Waals surface area contributed by atoms with Gasteiger partial charge in [0.2, 0.25) is 0 Å². The first-order valence-electron chi connectivity index (χ1n) is 6.20. The molecule has 0 aliphatic heterocycles. The van der Waals surface area contributed by atoms with Gasteiger partial charge in [-0.25, -0.2) is 0 Å². The first-order chi connectivity index (χ1) is 9.52. The third-order valence-corrected chi connectivity index (χ3v) is 3.10. The number of benzene rings is 1. The maximum atomic E-state index is 12.3. The highest BCUT2D eigenvalue weighted by Crippen LogP contribution is 2.16. The number of aromatic nitrogens is 1. The number of amides is 1. The van der Waals surface area contributed by atoms with Gasteiger partial charge in [-0.05, 0) is 31.5 Å². The van der Waals surface area contributed by atoms with Crippen molar-refractivity contribution in [1.29, 1.82) is 5.26 Å². The van der Waals surface area contributed by atoms with Gasteiger partial charge in [0, 0.05) is 13.6 Å². The Labute approximate surface area is 117 Å². The summed E-state index contributed by atoms with van der Waals surface area (Å²) in [6.45, 7) is 3.94. The predicted octanol–water partition coefficient (Wildman–Crippen LogP) is 2.44. The van der Waals surface area contributed by atoms with Crippen LogP contribution < -0.4 is 0 Å². The van der Waals surface area contributed by atoms with Crippen LogP contribution in [-0.2, 0) is 6.54 Å². The van der Waals surface area contributed by atoms with Crippen molar-refractivity contribution in [3.63, 3.8) is 0 Å². The second kappa shape index (κ2) is 5.57. The fraction of sp³-hybridized carbons (Fsp3) is 0.267. The summed E-state index contributed by atoms with van der Waals surface area (Å²) >= 11 is 0. The third kappa shape index (κ3) is 2.69. The van der Waals surface area contributed by atoms with Crippen LogP contribution >= 0.6 is 0 Å². The van der Waals surface area contributed by atoms with Crippen LogP contribution in [0.3, 0.4) is 0 Å². The molecule has 0 saturated carbocycles. The minimum Gasteiger partial charge on any atom is -0.361 e. The normalized spacial score (nSPS) is 10.1. The average Bonchev–Trinajstić information content (AvgIpc) is 2.78. The van der Waals surface area contributed by atoms with E-state index in [2.05, 4.69) is 11.2 Å². The summed E-state index contributed by atoms with van der Waals surface area (Å²) in [5.74, 6) is 0.407. The van der Waals surface area contributed by atoms with Gasteiger partial charge < -0.3 is 9.42 Å². The van der Waals surface area contributed by atoms with E-state index in [1.54, 1.807) is 37.9 Å². The molecule has 1 amide bonds. The number of rotatable bonds is 3. The van der Waals surface area contributed by atoms with Crippen LogP contribution in [0.5, 0.6) is 0 Å². The van der Waals surface area contributed by atoms with Crippen molar-refractivity contribution < 1.29 is 9.32 Å². The first-order valence-corrected chi connectivity index (χ1v) is 6.20. The van der Waals surface area contributed by atoms with Crippen molar-refractivity contribution >= 4 is 5.91 Å². The fourth-order valence-corrected chi connectivity index (χ4v) is 2.01. The highest BCUT2D eigenvalue weighted by Gasteiger charge is 2.20. The van der Waals surface area contributed by atoms with Gasteiger partial charge in [-0.3, -0.25) is 4.79 Å². The topological polar surface area (TPSA) is 70.1 Å². The fourth-order valence-electron chi connectivity index (χ4n) is 2.01. The molecule has 0 aliphatic carbocycles. The molecule has 0 atom stereocenters.